The van der Waals surface area contributed by atoms with E-state index in [1.807, 2.05) is 14.0 Å². The highest BCUT2D eigenvalue weighted by Crippen LogP contribution is 2.43. The van der Waals surface area contributed by atoms with Gasteiger partial charge in [0, 0.05) is 43.8 Å². The maximum atomic E-state index is 14.0. The van der Waals surface area contributed by atoms with Crippen LogP contribution in [0.2, 0.25) is 0 Å². The zero-order valence-corrected chi connectivity index (χ0v) is 24.4. The van der Waals surface area contributed by atoms with Gasteiger partial charge < -0.3 is 24.3 Å². The Morgan fingerprint density at radius 3 is 2.67 bits per heavy atom. The summed E-state index contributed by atoms with van der Waals surface area (Å²) in [4.78, 5) is 25.0. The molecule has 2 atom stereocenters. The third kappa shape index (κ3) is 5.64. The van der Waals surface area contributed by atoms with Gasteiger partial charge in [-0.3, -0.25) is 4.79 Å². The van der Waals surface area contributed by atoms with Crippen LogP contribution in [-0.2, 0) is 23.9 Å². The summed E-state index contributed by atoms with van der Waals surface area (Å²) in [5.41, 5.74) is 2.55. The lowest BCUT2D eigenvalue weighted by atomic mass is 9.95. The molecule has 1 amide bonds. The summed E-state index contributed by atoms with van der Waals surface area (Å²) in [6.07, 6.45) is -0.726. The number of carbonyl (C=O) groups is 1. The number of fused-ring (bicyclic) bond motifs is 1. The number of carbonyl (C=O) groups excluding carboxylic acids is 1. The highest BCUT2D eigenvalue weighted by atomic mass is 19.4. The van der Waals surface area contributed by atoms with E-state index in [0.29, 0.717) is 56.0 Å². The molecule has 0 radical (unpaired) electrons. The molecule has 3 aliphatic rings. The summed E-state index contributed by atoms with van der Waals surface area (Å²) < 4.78 is 48.4. The highest BCUT2D eigenvalue weighted by Gasteiger charge is 2.38. The molecule has 0 aliphatic carbocycles. The Balaban J connectivity index is 1.56. The number of halogens is 3. The first-order valence-electron chi connectivity index (χ1n) is 14.4. The lowest BCUT2D eigenvalue weighted by Crippen LogP contribution is -2.54. The van der Waals surface area contributed by atoms with Crippen LogP contribution in [0.1, 0.15) is 47.7 Å². The minimum absolute atomic E-state index is 0.110. The maximum Gasteiger partial charge on any atom is 0.418 e. The Hall–Kier alpha value is -3.78. The van der Waals surface area contributed by atoms with E-state index in [1.165, 1.54) is 12.1 Å². The fraction of sp³-hybridized carbons (Fsp3) is 0.516. The molecule has 0 bridgehead atoms. The van der Waals surface area contributed by atoms with Crippen LogP contribution in [0.4, 0.5) is 24.5 Å². The summed E-state index contributed by atoms with van der Waals surface area (Å²) in [6, 6.07) is 6.67. The molecule has 0 saturated carbocycles. The first-order valence-corrected chi connectivity index (χ1v) is 14.4. The van der Waals surface area contributed by atoms with E-state index in [9.17, 15) is 23.2 Å². The van der Waals surface area contributed by atoms with Crippen LogP contribution in [0.15, 0.2) is 30.9 Å². The number of piperazine rings is 1. The molecule has 8 nitrogen and oxygen atoms in total. The monoisotopic (exact) mass is 582 g/mol. The average molecular weight is 583 g/mol. The number of hydrogen-bond donors (Lipinski definition) is 0. The first kappa shape index (κ1) is 29.7. The Bertz CT molecular complexity index is 1400. The number of para-hydroxylation sites is 1. The fourth-order valence-corrected chi connectivity index (χ4v) is 6.54. The van der Waals surface area contributed by atoms with Gasteiger partial charge in [0.25, 0.3) is 0 Å². The van der Waals surface area contributed by atoms with Crippen LogP contribution in [0.3, 0.4) is 0 Å². The number of likely N-dealkylation sites (tertiary alicyclic amines) is 1. The molecule has 0 spiro atoms. The standard InChI is InChI=1S/C31H37F3N6O2/c1-5-27(41)38-14-15-40(21(3)17-38)29-23-11-13-39(28-20(2)8-6-10-25(28)31(32,33)34)18-26(23)36-30(24(29)16-35)42-19-22-9-7-12-37(22)4/h5-6,8,10,21-22H,1,7,9,11-15,17-19H2,2-4H3/t21-,22-/m0/s1. The van der Waals surface area contributed by atoms with Gasteiger partial charge in [0.1, 0.15) is 18.2 Å². The van der Waals surface area contributed by atoms with Crippen molar-refractivity contribution in [3.63, 3.8) is 0 Å². The van der Waals surface area contributed by atoms with Crippen molar-refractivity contribution in [2.45, 2.75) is 57.9 Å². The van der Waals surface area contributed by atoms with Crippen molar-refractivity contribution in [2.75, 3.05) is 56.2 Å². The number of amides is 1. The summed E-state index contributed by atoms with van der Waals surface area (Å²) in [6.45, 7) is 10.6. The molecular weight excluding hydrogens is 545 g/mol. The Labute approximate surface area is 245 Å². The normalized spacial score (nSPS) is 21.2. The summed E-state index contributed by atoms with van der Waals surface area (Å²) in [5, 5.41) is 10.4. The molecule has 0 N–H and O–H groups in total. The van der Waals surface area contributed by atoms with Crippen molar-refractivity contribution >= 4 is 17.3 Å². The summed E-state index contributed by atoms with van der Waals surface area (Å²) in [7, 11) is 2.04. The molecule has 2 saturated heterocycles. The van der Waals surface area contributed by atoms with Gasteiger partial charge in [0.15, 0.2) is 0 Å². The number of nitriles is 1. The topological polar surface area (TPSA) is 75.9 Å². The molecule has 2 fully saturated rings. The molecule has 5 rings (SSSR count). The number of rotatable bonds is 6. The maximum absolute atomic E-state index is 14.0. The smallest absolute Gasteiger partial charge is 0.418 e. The van der Waals surface area contributed by atoms with Gasteiger partial charge in [-0.05, 0) is 64.4 Å². The Kier molecular flexibility index (Phi) is 8.37. The lowest BCUT2D eigenvalue weighted by Gasteiger charge is -2.43. The number of aromatic nitrogens is 1. The summed E-state index contributed by atoms with van der Waals surface area (Å²) in [5.74, 6) is 0.0730. The van der Waals surface area contributed by atoms with Gasteiger partial charge in [0.2, 0.25) is 11.8 Å². The van der Waals surface area contributed by atoms with Crippen molar-refractivity contribution < 1.29 is 22.7 Å². The number of anilines is 2. The Morgan fingerprint density at radius 2 is 2.02 bits per heavy atom. The zero-order valence-electron chi connectivity index (χ0n) is 24.4. The minimum Gasteiger partial charge on any atom is -0.475 e. The number of aryl methyl sites for hydroxylation is 1. The van der Waals surface area contributed by atoms with Crippen LogP contribution >= 0.6 is 0 Å². The molecule has 4 heterocycles. The van der Waals surface area contributed by atoms with E-state index in [4.69, 9.17) is 9.72 Å². The van der Waals surface area contributed by atoms with Crippen LogP contribution in [0, 0.1) is 18.3 Å². The van der Waals surface area contributed by atoms with Crippen molar-refractivity contribution in [3.05, 3.63) is 58.8 Å². The van der Waals surface area contributed by atoms with Crippen LogP contribution < -0.4 is 14.5 Å². The predicted molar refractivity (Wildman–Crippen MR) is 155 cm³/mol. The molecule has 224 valence electrons. The quantitative estimate of drug-likeness (QED) is 0.463. The van der Waals surface area contributed by atoms with Gasteiger partial charge in [-0.25, -0.2) is 4.98 Å². The number of alkyl halides is 3. The largest absolute Gasteiger partial charge is 0.475 e. The molecule has 0 unspecified atom stereocenters. The van der Waals surface area contributed by atoms with Crippen molar-refractivity contribution in [1.82, 2.24) is 14.8 Å². The fourth-order valence-electron chi connectivity index (χ4n) is 6.54. The van der Waals surface area contributed by atoms with Crippen molar-refractivity contribution in [3.8, 4) is 11.9 Å². The third-order valence-corrected chi connectivity index (χ3v) is 8.75. The van der Waals surface area contributed by atoms with Crippen LogP contribution in [0.5, 0.6) is 5.88 Å². The number of pyridine rings is 1. The average Bonchev–Trinajstić information content (AvgIpc) is 3.38. The van der Waals surface area contributed by atoms with Gasteiger partial charge in [-0.1, -0.05) is 18.7 Å². The number of likely N-dealkylation sites (N-methyl/N-ethyl adjacent to an activating group) is 1. The first-order chi connectivity index (χ1) is 20.0. The molecular formula is C31H37F3N6O2. The van der Waals surface area contributed by atoms with Gasteiger partial charge in [-0.2, -0.15) is 18.4 Å². The van der Waals surface area contributed by atoms with E-state index in [1.54, 1.807) is 22.8 Å². The molecule has 11 heteroatoms. The second-order valence-electron chi connectivity index (χ2n) is 11.4. The second-order valence-corrected chi connectivity index (χ2v) is 11.4. The molecule has 3 aliphatic heterocycles. The van der Waals surface area contributed by atoms with Crippen molar-refractivity contribution in [2.24, 2.45) is 0 Å². The van der Waals surface area contributed by atoms with Gasteiger partial charge in [-0.15, -0.1) is 0 Å². The SMILES string of the molecule is C=CC(=O)N1CCN(c2c(C#N)c(OC[C@@H]3CCCN3C)nc3c2CCN(c2c(C)cccc2C(F)(F)F)C3)[C@@H](C)C1. The van der Waals surface area contributed by atoms with Crippen LogP contribution in [0.25, 0.3) is 0 Å². The minimum atomic E-state index is -4.50. The lowest BCUT2D eigenvalue weighted by molar-refractivity contribution is -0.137. The number of ether oxygens (including phenoxy) is 1. The number of nitrogens with zero attached hydrogens (tertiary/aromatic N) is 6. The highest BCUT2D eigenvalue weighted by molar-refractivity contribution is 5.87. The van der Waals surface area contributed by atoms with Crippen molar-refractivity contribution in [1.29, 1.82) is 5.26 Å². The van der Waals surface area contributed by atoms with Gasteiger partial charge in [0.05, 0.1) is 29.2 Å². The van der Waals surface area contributed by atoms with E-state index in [0.717, 1.165) is 36.7 Å². The van der Waals surface area contributed by atoms with E-state index in [2.05, 4.69) is 22.4 Å². The number of hydrogen-bond acceptors (Lipinski definition) is 7. The Morgan fingerprint density at radius 1 is 1.24 bits per heavy atom. The van der Waals surface area contributed by atoms with E-state index in [-0.39, 0.29) is 36.1 Å². The van der Waals surface area contributed by atoms with E-state index < -0.39 is 11.7 Å². The molecule has 1 aromatic heterocycles. The zero-order chi connectivity index (χ0) is 30.2. The van der Waals surface area contributed by atoms with E-state index >= 15 is 0 Å². The molecule has 1 aromatic carbocycles. The molecule has 42 heavy (non-hydrogen) atoms. The summed E-state index contributed by atoms with van der Waals surface area (Å²) >= 11 is 0. The molecule has 2 aromatic rings. The second kappa shape index (κ2) is 11.8. The van der Waals surface area contributed by atoms with Crippen LogP contribution in [-0.4, -0.2) is 79.2 Å². The third-order valence-electron chi connectivity index (χ3n) is 8.75. The predicted octanol–water partition coefficient (Wildman–Crippen LogP) is 4.54. The number of benzene rings is 1. The van der Waals surface area contributed by atoms with Gasteiger partial charge >= 0.3 is 6.18 Å².